The van der Waals surface area contributed by atoms with Gasteiger partial charge in [-0.3, -0.25) is 19.1 Å². The lowest BCUT2D eigenvalue weighted by Gasteiger charge is -2.48. The van der Waals surface area contributed by atoms with Gasteiger partial charge in [-0.1, -0.05) is 25.0 Å². The minimum atomic E-state index is -4.99. The van der Waals surface area contributed by atoms with Crippen molar-refractivity contribution in [2.24, 2.45) is 17.8 Å². The molecular formula is C43H51F4N5O9S. The zero-order valence-electron chi connectivity index (χ0n) is 34.4. The van der Waals surface area contributed by atoms with E-state index in [1.807, 2.05) is 12.2 Å². The van der Waals surface area contributed by atoms with E-state index in [2.05, 4.69) is 20.3 Å². The maximum Gasteiger partial charge on any atom is 0.437 e. The number of carbonyl (C=O) groups excluding carboxylic acids is 4. The Bertz CT molecular complexity index is 2310. The van der Waals surface area contributed by atoms with E-state index in [1.54, 1.807) is 0 Å². The van der Waals surface area contributed by atoms with Crippen molar-refractivity contribution < 1.29 is 59.4 Å². The number of amides is 4. The summed E-state index contributed by atoms with van der Waals surface area (Å²) in [7, 11) is -4.13. The fourth-order valence-corrected chi connectivity index (χ4v) is 11.6. The molecule has 8 atom stereocenters. The fraction of sp³-hybridized carbons (Fsp3) is 0.651. The maximum atomic E-state index is 14.9. The summed E-state index contributed by atoms with van der Waals surface area (Å²) in [6.07, 6.45) is 3.87. The molecule has 3 aliphatic heterocycles. The molecule has 7 aliphatic rings. The molecule has 5 fully saturated rings. The first-order valence-electron chi connectivity index (χ1n) is 21.7. The lowest BCUT2D eigenvalue weighted by Crippen LogP contribution is -2.70. The van der Waals surface area contributed by atoms with Crippen LogP contribution in [0, 0.1) is 17.8 Å². The van der Waals surface area contributed by atoms with Gasteiger partial charge in [0, 0.05) is 23.3 Å². The van der Waals surface area contributed by atoms with E-state index in [4.69, 9.17) is 14.2 Å². The zero-order chi connectivity index (χ0) is 43.8. The van der Waals surface area contributed by atoms with Crippen LogP contribution in [0.1, 0.15) is 108 Å². The minimum absolute atomic E-state index is 0.0138. The highest BCUT2D eigenvalue weighted by molar-refractivity contribution is 7.91. The molecule has 4 amide bonds. The quantitative estimate of drug-likeness (QED) is 0.224. The minimum Gasteiger partial charge on any atom is -0.483 e. The molecule has 1 saturated heterocycles. The van der Waals surface area contributed by atoms with Crippen molar-refractivity contribution >= 4 is 44.7 Å². The predicted octanol–water partition coefficient (Wildman–Crippen LogP) is 5.90. The Morgan fingerprint density at radius 1 is 1.05 bits per heavy atom. The Balaban J connectivity index is 1.07. The van der Waals surface area contributed by atoms with E-state index in [0.717, 1.165) is 19.3 Å². The Morgan fingerprint density at radius 3 is 2.52 bits per heavy atom. The smallest absolute Gasteiger partial charge is 0.437 e. The van der Waals surface area contributed by atoms with Crippen LogP contribution >= 0.6 is 0 Å². The summed E-state index contributed by atoms with van der Waals surface area (Å²) >= 11 is 0. The summed E-state index contributed by atoms with van der Waals surface area (Å²) in [4.78, 5) is 62.5. The van der Waals surface area contributed by atoms with Gasteiger partial charge >= 0.3 is 12.3 Å². The van der Waals surface area contributed by atoms with Gasteiger partial charge in [-0.25, -0.2) is 22.6 Å². The molecular weight excluding hydrogens is 839 g/mol. The molecule has 9 rings (SSSR count). The van der Waals surface area contributed by atoms with Crippen molar-refractivity contribution in [3.05, 3.63) is 41.6 Å². The molecule has 1 unspecified atom stereocenters. The average Bonchev–Trinajstić information content (AvgIpc) is 4.07. The van der Waals surface area contributed by atoms with Crippen molar-refractivity contribution in [2.75, 3.05) is 13.4 Å². The number of alkyl carbamates (subject to hydrolysis) is 1. The van der Waals surface area contributed by atoms with Gasteiger partial charge in [-0.15, -0.1) is 0 Å². The molecule has 0 bridgehead atoms. The average molecular weight is 890 g/mol. The van der Waals surface area contributed by atoms with Crippen molar-refractivity contribution in [1.82, 2.24) is 25.2 Å². The number of hydrogen-bond donors (Lipinski definition) is 3. The molecule has 3 N–H and O–H groups in total. The number of ether oxygens (including phenoxy) is 3. The Kier molecular flexibility index (Phi) is 10.7. The van der Waals surface area contributed by atoms with Crippen LogP contribution in [-0.2, 0) is 41.7 Å². The number of pyridine rings is 1. The first kappa shape index (κ1) is 42.6. The zero-order valence-corrected chi connectivity index (χ0v) is 35.2. The van der Waals surface area contributed by atoms with Gasteiger partial charge in [0.05, 0.1) is 16.8 Å². The monoisotopic (exact) mass is 889 g/mol. The Morgan fingerprint density at radius 2 is 1.82 bits per heavy atom. The summed E-state index contributed by atoms with van der Waals surface area (Å²) < 4.78 is 103. The van der Waals surface area contributed by atoms with Crippen LogP contribution in [-0.4, -0.2) is 89.6 Å². The third kappa shape index (κ3) is 7.84. The first-order chi connectivity index (χ1) is 29.4. The van der Waals surface area contributed by atoms with E-state index >= 15 is 0 Å². The van der Waals surface area contributed by atoms with Crippen LogP contribution in [0.25, 0.3) is 10.9 Å². The van der Waals surface area contributed by atoms with Crippen LogP contribution in [0.2, 0.25) is 0 Å². The number of sulfonamides is 1. The van der Waals surface area contributed by atoms with Crippen molar-refractivity contribution in [3.63, 3.8) is 0 Å². The van der Waals surface area contributed by atoms with Crippen molar-refractivity contribution in [3.8, 4) is 11.5 Å². The molecule has 4 heterocycles. The molecule has 19 heteroatoms. The number of aryl methyl sites for hydroxylation is 1. The van der Waals surface area contributed by atoms with Gasteiger partial charge in [0.25, 0.3) is 5.91 Å². The van der Waals surface area contributed by atoms with Gasteiger partial charge < -0.3 is 29.7 Å². The number of aromatic nitrogens is 1. The van der Waals surface area contributed by atoms with E-state index in [-0.39, 0.29) is 67.0 Å². The highest BCUT2D eigenvalue weighted by atomic mass is 32.2. The molecule has 0 radical (unpaired) electrons. The van der Waals surface area contributed by atoms with Gasteiger partial charge in [-0.2, -0.15) is 13.2 Å². The highest BCUT2D eigenvalue weighted by Crippen LogP contribution is 2.53. The molecule has 4 saturated carbocycles. The van der Waals surface area contributed by atoms with Crippen LogP contribution in [0.15, 0.2) is 30.4 Å². The second kappa shape index (κ2) is 15.5. The summed E-state index contributed by atoms with van der Waals surface area (Å²) in [5.74, 6) is -2.47. The Hall–Kier alpha value is -4.68. The van der Waals surface area contributed by atoms with Crippen LogP contribution in [0.3, 0.4) is 0 Å². The summed E-state index contributed by atoms with van der Waals surface area (Å²) in [5, 5.41) is 5.85. The number of hydrogen-bond acceptors (Lipinski definition) is 10. The normalized spacial score (nSPS) is 33.2. The second-order valence-electron chi connectivity index (χ2n) is 18.7. The number of nitrogens with zero attached hydrogens (tertiary/aromatic N) is 2. The molecule has 2 aromatic rings. The van der Waals surface area contributed by atoms with Crippen molar-refractivity contribution in [2.45, 2.75) is 143 Å². The number of nitrogens with one attached hydrogen (secondary N) is 3. The molecule has 1 aromatic carbocycles. The molecule has 14 nitrogen and oxygen atoms in total. The third-order valence-electron chi connectivity index (χ3n) is 14.5. The van der Waals surface area contributed by atoms with Crippen LogP contribution in [0.4, 0.5) is 22.4 Å². The third-order valence-corrected chi connectivity index (χ3v) is 16.7. The molecule has 1 spiro atoms. The molecule has 1 aromatic heterocycles. The Labute approximate surface area is 356 Å². The fourth-order valence-electron chi connectivity index (χ4n) is 10.3. The highest BCUT2D eigenvalue weighted by Gasteiger charge is 2.60. The maximum absolute atomic E-state index is 14.9. The van der Waals surface area contributed by atoms with E-state index < -0.39 is 92.2 Å². The first-order valence-corrected chi connectivity index (χ1v) is 23.2. The number of alkyl halides is 4. The standard InChI is InChI=1S/C43H51F4N5O9S/c1-40(15-16-40)62(57,58)51-38(55)42-14-11-26(42)7-5-3-2-4-6-8-32(49-39(56)60-28-18-24-17-25(24)19-28)37(54)52-22-41(21-33(52)36(53)50-42)13-12-29-30-20-27(59-23-44)9-10-31(30)48-35(34(29)61-41)43(45,46)47/h5,7,9-10,20,24-26,28,32-33H,2-4,6,8,11-19,21-23H2,1H3,(H,49,56)(H,50,53)(H,51,55)/b7-5-/t24-,25+,26-,28?,32+,33+,41-,42-/m1/s1. The van der Waals surface area contributed by atoms with Crippen LogP contribution in [0.5, 0.6) is 11.5 Å². The molecule has 62 heavy (non-hydrogen) atoms. The van der Waals surface area contributed by atoms with Crippen molar-refractivity contribution in [1.29, 1.82) is 0 Å². The number of halogens is 4. The number of rotatable bonds is 7. The lowest BCUT2D eigenvalue weighted by molar-refractivity contribution is -0.145. The number of benzene rings is 1. The SMILES string of the molecule is CC1(S(=O)(=O)NC(=O)[C@@]23CC[C@H]2/C=C\CCCCC[C@H](NC(=O)OC2C[C@@H]4C[C@@H]4C2)C(=O)N2C[C@@]4(CCc5c(c(C(F)(F)F)nc6ccc(OCF)cc56)O4)C[C@H]2C(=O)N3)CC1. The van der Waals surface area contributed by atoms with Gasteiger partial charge in [0.15, 0.2) is 11.4 Å². The topological polar surface area (TPSA) is 182 Å². The van der Waals surface area contributed by atoms with E-state index in [1.165, 1.54) is 30.0 Å². The van der Waals surface area contributed by atoms with Gasteiger partial charge in [-0.05, 0) is 114 Å². The number of carbonyl (C=O) groups is 4. The van der Waals surface area contributed by atoms with E-state index in [0.29, 0.717) is 56.8 Å². The number of allylic oxidation sites excluding steroid dienone is 1. The van der Waals surface area contributed by atoms with Crippen LogP contribution < -0.4 is 24.8 Å². The summed E-state index contributed by atoms with van der Waals surface area (Å²) in [5.41, 5.74) is -4.47. The molecule has 4 aliphatic carbocycles. The van der Waals surface area contributed by atoms with E-state index in [9.17, 15) is 45.2 Å². The lowest BCUT2D eigenvalue weighted by atomic mass is 9.65. The second-order valence-corrected chi connectivity index (χ2v) is 20.9. The predicted molar refractivity (Wildman–Crippen MR) is 214 cm³/mol. The largest absolute Gasteiger partial charge is 0.483 e. The summed E-state index contributed by atoms with van der Waals surface area (Å²) in [6, 6.07) is 1.40. The van der Waals surface area contributed by atoms with Gasteiger partial charge in [0.1, 0.15) is 35.1 Å². The number of fused-ring (bicyclic) bond motifs is 6. The summed E-state index contributed by atoms with van der Waals surface area (Å²) in [6.45, 7) is 0.00409. The van der Waals surface area contributed by atoms with Gasteiger partial charge in [0.2, 0.25) is 28.7 Å². The molecule has 336 valence electrons.